The Balaban J connectivity index is 1.54. The summed E-state index contributed by atoms with van der Waals surface area (Å²) in [6, 6.07) is 16.4. The van der Waals surface area contributed by atoms with E-state index < -0.39 is 6.04 Å². The second-order valence-corrected chi connectivity index (χ2v) is 9.01. The topological polar surface area (TPSA) is 110 Å². The SMILES string of the molecule is CC(=O)c1ccc(N(C(=O)Cn2nnc3ccccc32)C(C(=O)NC2CCCC2)c2ccco2)cc1. The number of para-hydroxylation sites is 1. The predicted molar refractivity (Wildman–Crippen MR) is 133 cm³/mol. The predicted octanol–water partition coefficient (Wildman–Crippen LogP) is 4.06. The van der Waals surface area contributed by atoms with Crippen molar-refractivity contribution >= 4 is 34.3 Å². The number of furan rings is 1. The highest BCUT2D eigenvalue weighted by Gasteiger charge is 2.36. The highest BCUT2D eigenvalue weighted by molar-refractivity contribution is 6.02. The van der Waals surface area contributed by atoms with Crippen molar-refractivity contribution in [3.8, 4) is 0 Å². The minimum atomic E-state index is -1.04. The number of ketones is 1. The molecule has 36 heavy (non-hydrogen) atoms. The molecule has 2 heterocycles. The Kier molecular flexibility index (Phi) is 6.62. The molecule has 1 saturated carbocycles. The van der Waals surface area contributed by atoms with Crippen LogP contribution in [0.5, 0.6) is 0 Å². The zero-order valence-corrected chi connectivity index (χ0v) is 20.0. The van der Waals surface area contributed by atoms with E-state index in [1.54, 1.807) is 36.4 Å². The highest BCUT2D eigenvalue weighted by Crippen LogP contribution is 2.30. The van der Waals surface area contributed by atoms with E-state index in [4.69, 9.17) is 4.42 Å². The lowest BCUT2D eigenvalue weighted by molar-refractivity contribution is -0.127. The first kappa shape index (κ1) is 23.5. The number of fused-ring (bicyclic) bond motifs is 1. The van der Waals surface area contributed by atoms with E-state index >= 15 is 0 Å². The van der Waals surface area contributed by atoms with Crippen LogP contribution in [0, 0.1) is 0 Å². The van der Waals surface area contributed by atoms with Gasteiger partial charge in [0.1, 0.15) is 17.8 Å². The molecular weight excluding hydrogens is 458 g/mol. The van der Waals surface area contributed by atoms with E-state index in [1.165, 1.54) is 22.8 Å². The van der Waals surface area contributed by atoms with Gasteiger partial charge in [0.25, 0.3) is 5.91 Å². The lowest BCUT2D eigenvalue weighted by atomic mass is 10.1. The number of carbonyl (C=O) groups is 3. The van der Waals surface area contributed by atoms with Crippen molar-refractivity contribution in [2.75, 3.05) is 4.90 Å². The largest absolute Gasteiger partial charge is 0.467 e. The van der Waals surface area contributed by atoms with Crippen LogP contribution in [-0.2, 0) is 16.1 Å². The molecule has 2 aromatic heterocycles. The van der Waals surface area contributed by atoms with E-state index in [-0.39, 0.29) is 30.2 Å². The summed E-state index contributed by atoms with van der Waals surface area (Å²) in [6.07, 6.45) is 5.42. The van der Waals surface area contributed by atoms with Crippen LogP contribution in [-0.4, -0.2) is 38.6 Å². The van der Waals surface area contributed by atoms with Crippen molar-refractivity contribution in [1.29, 1.82) is 0 Å². The molecule has 4 aromatic rings. The zero-order valence-electron chi connectivity index (χ0n) is 20.0. The summed E-state index contributed by atoms with van der Waals surface area (Å²) in [5, 5.41) is 11.4. The van der Waals surface area contributed by atoms with Gasteiger partial charge in [-0.05, 0) is 68.3 Å². The number of nitrogens with one attached hydrogen (secondary N) is 1. The third-order valence-electron chi connectivity index (χ3n) is 6.55. The number of carbonyl (C=O) groups excluding carboxylic acids is 3. The minimum absolute atomic E-state index is 0.0614. The van der Waals surface area contributed by atoms with E-state index in [2.05, 4.69) is 15.6 Å². The van der Waals surface area contributed by atoms with Crippen molar-refractivity contribution in [3.05, 3.63) is 78.3 Å². The van der Waals surface area contributed by atoms with Crippen LogP contribution in [0.15, 0.2) is 71.3 Å². The lowest BCUT2D eigenvalue weighted by Gasteiger charge is -2.31. The molecule has 1 aliphatic carbocycles. The van der Waals surface area contributed by atoms with Crippen LogP contribution in [0.2, 0.25) is 0 Å². The van der Waals surface area contributed by atoms with E-state index in [0.717, 1.165) is 25.7 Å². The van der Waals surface area contributed by atoms with Gasteiger partial charge in [0.2, 0.25) is 5.91 Å². The van der Waals surface area contributed by atoms with E-state index in [0.29, 0.717) is 28.0 Å². The molecule has 1 N–H and O–H groups in total. The summed E-state index contributed by atoms with van der Waals surface area (Å²) >= 11 is 0. The molecule has 9 nitrogen and oxygen atoms in total. The monoisotopic (exact) mass is 485 g/mol. The van der Waals surface area contributed by atoms with Crippen LogP contribution in [0.3, 0.4) is 0 Å². The van der Waals surface area contributed by atoms with Crippen LogP contribution in [0.4, 0.5) is 5.69 Å². The Morgan fingerprint density at radius 3 is 2.50 bits per heavy atom. The summed E-state index contributed by atoms with van der Waals surface area (Å²) in [6.45, 7) is 1.34. The van der Waals surface area contributed by atoms with Gasteiger partial charge in [0.15, 0.2) is 11.8 Å². The second kappa shape index (κ2) is 10.2. The first-order valence-electron chi connectivity index (χ1n) is 12.1. The lowest BCUT2D eigenvalue weighted by Crippen LogP contribution is -2.47. The third-order valence-corrected chi connectivity index (χ3v) is 6.55. The summed E-state index contributed by atoms with van der Waals surface area (Å²) in [5.41, 5.74) is 2.36. The number of benzene rings is 2. The number of anilines is 1. The van der Waals surface area contributed by atoms with Gasteiger partial charge < -0.3 is 9.73 Å². The van der Waals surface area contributed by atoms with E-state index in [9.17, 15) is 14.4 Å². The molecule has 184 valence electrons. The molecule has 1 aliphatic rings. The summed E-state index contributed by atoms with van der Waals surface area (Å²) in [5.74, 6) is -0.429. The Hall–Kier alpha value is -4.27. The standard InChI is InChI=1S/C27H27N5O4/c1-18(33)19-12-14-21(15-13-19)32(25(34)17-31-23-10-5-4-9-22(23)29-30-31)26(24-11-6-16-36-24)27(35)28-20-7-2-3-8-20/h4-6,9-16,20,26H,2-3,7-8,17H2,1H3,(H,28,35). The fraction of sp³-hybridized carbons (Fsp3) is 0.296. The number of nitrogens with zero attached hydrogens (tertiary/aromatic N) is 4. The first-order chi connectivity index (χ1) is 17.5. The van der Waals surface area contributed by atoms with Crippen LogP contribution in [0.1, 0.15) is 54.8 Å². The smallest absolute Gasteiger partial charge is 0.251 e. The molecule has 0 aliphatic heterocycles. The third kappa shape index (κ3) is 4.77. The summed E-state index contributed by atoms with van der Waals surface area (Å²) in [4.78, 5) is 40.8. The molecule has 0 radical (unpaired) electrons. The molecule has 0 bridgehead atoms. The Bertz CT molecular complexity index is 1370. The van der Waals surface area contributed by atoms with Gasteiger partial charge in [-0.25, -0.2) is 4.68 Å². The highest BCUT2D eigenvalue weighted by atomic mass is 16.3. The van der Waals surface area contributed by atoms with Crippen LogP contribution in [0.25, 0.3) is 11.0 Å². The van der Waals surface area contributed by atoms with Crippen molar-refractivity contribution in [2.24, 2.45) is 0 Å². The second-order valence-electron chi connectivity index (χ2n) is 9.01. The fourth-order valence-electron chi connectivity index (χ4n) is 4.70. The van der Waals surface area contributed by atoms with Gasteiger partial charge >= 0.3 is 0 Å². The van der Waals surface area contributed by atoms with Crippen molar-refractivity contribution < 1.29 is 18.8 Å². The number of hydrogen-bond acceptors (Lipinski definition) is 6. The molecule has 1 atom stereocenters. The van der Waals surface area contributed by atoms with E-state index in [1.807, 2.05) is 24.3 Å². The van der Waals surface area contributed by atoms with Gasteiger partial charge in [-0.1, -0.05) is 30.2 Å². The van der Waals surface area contributed by atoms with Crippen LogP contribution >= 0.6 is 0 Å². The molecule has 1 fully saturated rings. The maximum atomic E-state index is 13.9. The molecule has 1 unspecified atom stereocenters. The maximum absolute atomic E-state index is 13.9. The fourth-order valence-corrected chi connectivity index (χ4v) is 4.70. The number of rotatable bonds is 8. The molecule has 2 amide bonds. The normalized spacial score (nSPS) is 14.6. The minimum Gasteiger partial charge on any atom is -0.467 e. The van der Waals surface area contributed by atoms with Crippen molar-refractivity contribution in [1.82, 2.24) is 20.3 Å². The number of aromatic nitrogens is 3. The molecule has 0 saturated heterocycles. The Labute approximate surface area is 208 Å². The molecular formula is C27H27N5O4. The molecule has 9 heteroatoms. The summed E-state index contributed by atoms with van der Waals surface area (Å²) in [7, 11) is 0. The van der Waals surface area contributed by atoms with Gasteiger partial charge in [0, 0.05) is 17.3 Å². The maximum Gasteiger partial charge on any atom is 0.251 e. The number of hydrogen-bond donors (Lipinski definition) is 1. The average Bonchev–Trinajstić information content (AvgIpc) is 3.66. The van der Waals surface area contributed by atoms with Crippen molar-refractivity contribution in [2.45, 2.75) is 51.2 Å². The van der Waals surface area contributed by atoms with Gasteiger partial charge in [0.05, 0.1) is 11.8 Å². The Morgan fingerprint density at radius 2 is 1.81 bits per heavy atom. The number of amides is 2. The van der Waals surface area contributed by atoms with Crippen LogP contribution < -0.4 is 10.2 Å². The number of Topliss-reactive ketones (excluding diaryl/α,β-unsaturated/α-hetero) is 1. The quantitative estimate of drug-likeness (QED) is 0.377. The van der Waals surface area contributed by atoms with Gasteiger partial charge in [-0.15, -0.1) is 5.10 Å². The zero-order chi connectivity index (χ0) is 25.1. The molecule has 2 aromatic carbocycles. The molecule has 0 spiro atoms. The summed E-state index contributed by atoms with van der Waals surface area (Å²) < 4.78 is 7.17. The Morgan fingerprint density at radius 1 is 1.06 bits per heavy atom. The van der Waals surface area contributed by atoms with Gasteiger partial charge in [-0.2, -0.15) is 0 Å². The average molecular weight is 486 g/mol. The van der Waals surface area contributed by atoms with Gasteiger partial charge in [-0.3, -0.25) is 19.3 Å². The molecule has 5 rings (SSSR count). The van der Waals surface area contributed by atoms with Crippen molar-refractivity contribution in [3.63, 3.8) is 0 Å². The first-order valence-corrected chi connectivity index (χ1v) is 12.1.